The van der Waals surface area contributed by atoms with Crippen molar-refractivity contribution in [3.05, 3.63) is 59.7 Å². The molecule has 2 amide bonds. The molecule has 8 nitrogen and oxygen atoms in total. The number of anilines is 1. The van der Waals surface area contributed by atoms with Gasteiger partial charge in [-0.05, 0) is 36.4 Å². The summed E-state index contributed by atoms with van der Waals surface area (Å²) in [5.41, 5.74) is 1.47. The summed E-state index contributed by atoms with van der Waals surface area (Å²) in [4.78, 5) is 33.5. The second kappa shape index (κ2) is 9.78. The van der Waals surface area contributed by atoms with Gasteiger partial charge in [-0.1, -0.05) is 12.1 Å². The fourth-order valence-corrected chi connectivity index (χ4v) is 4.65. The van der Waals surface area contributed by atoms with E-state index in [0.29, 0.717) is 48.5 Å². The second-order valence-corrected chi connectivity index (χ2v) is 8.92. The Labute approximate surface area is 199 Å². The molecule has 0 unspecified atom stereocenters. The van der Waals surface area contributed by atoms with Gasteiger partial charge in [0.05, 0.1) is 12.2 Å². The number of carbonyl (C=O) groups is 2. The Bertz CT molecular complexity index is 1180. The standard InChI is InChI=1S/C24H23FN4O4S/c25-17-7-5-16(6-8-17)18-15-34-24(26-18)27-22(30)13-28-9-11-29(12-10-28)23(31)21-14-32-19-3-1-2-4-20(19)33-21/h1-8,15,21H,9-14H2,(H,26,27,30)/t21-/m1/s1. The van der Waals surface area contributed by atoms with E-state index in [-0.39, 0.29) is 30.8 Å². The Balaban J connectivity index is 1.09. The van der Waals surface area contributed by atoms with E-state index in [4.69, 9.17) is 9.47 Å². The number of halogens is 1. The molecule has 0 aliphatic carbocycles. The molecule has 0 bridgehead atoms. The highest BCUT2D eigenvalue weighted by Gasteiger charge is 2.33. The number of para-hydroxylation sites is 2. The molecule has 0 saturated carbocycles. The zero-order valence-electron chi connectivity index (χ0n) is 18.3. The van der Waals surface area contributed by atoms with Gasteiger partial charge in [-0.2, -0.15) is 0 Å². The Kier molecular flexibility index (Phi) is 6.41. The van der Waals surface area contributed by atoms with Crippen molar-refractivity contribution >= 4 is 28.3 Å². The van der Waals surface area contributed by atoms with E-state index >= 15 is 0 Å². The van der Waals surface area contributed by atoms with Crippen LogP contribution in [0.5, 0.6) is 11.5 Å². The lowest BCUT2D eigenvalue weighted by Crippen LogP contribution is -2.54. The summed E-state index contributed by atoms with van der Waals surface area (Å²) in [7, 11) is 0. The number of amides is 2. The van der Waals surface area contributed by atoms with Crippen LogP contribution in [0.4, 0.5) is 9.52 Å². The molecule has 1 fully saturated rings. The molecule has 176 valence electrons. The van der Waals surface area contributed by atoms with Crippen LogP contribution in [-0.2, 0) is 9.59 Å². The molecule has 3 aromatic rings. The average molecular weight is 483 g/mol. The van der Waals surface area contributed by atoms with Crippen molar-refractivity contribution in [2.24, 2.45) is 0 Å². The van der Waals surface area contributed by atoms with Gasteiger partial charge in [0, 0.05) is 37.1 Å². The summed E-state index contributed by atoms with van der Waals surface area (Å²) in [5, 5.41) is 5.14. The number of nitrogens with zero attached hydrogens (tertiary/aromatic N) is 3. The van der Waals surface area contributed by atoms with Crippen molar-refractivity contribution in [1.82, 2.24) is 14.8 Å². The molecule has 2 aliphatic rings. The summed E-state index contributed by atoms with van der Waals surface area (Å²) >= 11 is 1.32. The lowest BCUT2D eigenvalue weighted by atomic mass is 10.2. The van der Waals surface area contributed by atoms with Crippen LogP contribution in [0.25, 0.3) is 11.3 Å². The van der Waals surface area contributed by atoms with Gasteiger partial charge in [0.1, 0.15) is 12.4 Å². The number of piperazine rings is 1. The number of nitrogens with one attached hydrogen (secondary N) is 1. The van der Waals surface area contributed by atoms with Crippen molar-refractivity contribution in [3.63, 3.8) is 0 Å². The SMILES string of the molecule is O=C(CN1CCN(C(=O)[C@H]2COc3ccccc3O2)CC1)Nc1nc(-c2ccc(F)cc2)cs1. The first-order valence-electron chi connectivity index (χ1n) is 11.0. The monoisotopic (exact) mass is 482 g/mol. The second-order valence-electron chi connectivity index (χ2n) is 8.06. The zero-order valence-corrected chi connectivity index (χ0v) is 19.1. The Morgan fingerprint density at radius 3 is 2.56 bits per heavy atom. The number of carbonyl (C=O) groups excluding carboxylic acids is 2. The van der Waals surface area contributed by atoms with E-state index in [1.807, 2.05) is 28.5 Å². The molecule has 0 radical (unpaired) electrons. The van der Waals surface area contributed by atoms with E-state index in [0.717, 1.165) is 5.56 Å². The van der Waals surface area contributed by atoms with Crippen molar-refractivity contribution in [1.29, 1.82) is 0 Å². The van der Waals surface area contributed by atoms with Crippen LogP contribution < -0.4 is 14.8 Å². The fourth-order valence-electron chi connectivity index (χ4n) is 3.92. The molecular formula is C24H23FN4O4S. The van der Waals surface area contributed by atoms with Crippen LogP contribution in [-0.4, -0.2) is 72.0 Å². The number of fused-ring (bicyclic) bond motifs is 1. The first-order chi connectivity index (χ1) is 16.5. The van der Waals surface area contributed by atoms with E-state index in [1.54, 1.807) is 23.1 Å². The van der Waals surface area contributed by atoms with Crippen LogP contribution in [0, 0.1) is 5.82 Å². The van der Waals surface area contributed by atoms with Gasteiger partial charge in [0.2, 0.25) is 12.0 Å². The molecule has 10 heteroatoms. The van der Waals surface area contributed by atoms with Crippen LogP contribution >= 0.6 is 11.3 Å². The van der Waals surface area contributed by atoms with Crippen molar-refractivity contribution < 1.29 is 23.5 Å². The summed E-state index contributed by atoms with van der Waals surface area (Å²) in [6, 6.07) is 13.4. The number of benzene rings is 2. The molecule has 1 aromatic heterocycles. The van der Waals surface area contributed by atoms with Gasteiger partial charge in [-0.15, -0.1) is 11.3 Å². The molecule has 5 rings (SSSR count). The summed E-state index contributed by atoms with van der Waals surface area (Å²) in [6.07, 6.45) is -0.662. The number of ether oxygens (including phenoxy) is 2. The number of thiazole rings is 1. The summed E-state index contributed by atoms with van der Waals surface area (Å²) < 4.78 is 24.6. The van der Waals surface area contributed by atoms with E-state index in [1.165, 1.54) is 23.5 Å². The normalized spacial score (nSPS) is 17.9. The topological polar surface area (TPSA) is 84.0 Å². The molecule has 34 heavy (non-hydrogen) atoms. The maximum absolute atomic E-state index is 13.1. The van der Waals surface area contributed by atoms with Crippen LogP contribution in [0.2, 0.25) is 0 Å². The maximum Gasteiger partial charge on any atom is 0.267 e. The van der Waals surface area contributed by atoms with Gasteiger partial charge in [0.15, 0.2) is 16.6 Å². The smallest absolute Gasteiger partial charge is 0.267 e. The third-order valence-corrected chi connectivity index (χ3v) is 6.48. The fraction of sp³-hybridized carbons (Fsp3) is 0.292. The average Bonchev–Trinajstić information content (AvgIpc) is 3.32. The van der Waals surface area contributed by atoms with Crippen molar-refractivity contribution in [2.45, 2.75) is 6.10 Å². The molecule has 1 N–H and O–H groups in total. The van der Waals surface area contributed by atoms with Crippen molar-refractivity contribution in [3.8, 4) is 22.8 Å². The van der Waals surface area contributed by atoms with Gasteiger partial charge in [0.25, 0.3) is 5.91 Å². The first-order valence-corrected chi connectivity index (χ1v) is 11.8. The Hall–Kier alpha value is -3.50. The largest absolute Gasteiger partial charge is 0.485 e. The van der Waals surface area contributed by atoms with Crippen molar-refractivity contribution in [2.75, 3.05) is 44.6 Å². The molecule has 1 atom stereocenters. The van der Waals surface area contributed by atoms with Gasteiger partial charge >= 0.3 is 0 Å². The minimum absolute atomic E-state index is 0.102. The van der Waals surface area contributed by atoms with Gasteiger partial charge < -0.3 is 19.7 Å². The number of hydrogen-bond acceptors (Lipinski definition) is 7. The highest BCUT2D eigenvalue weighted by atomic mass is 32.1. The molecule has 1 saturated heterocycles. The minimum Gasteiger partial charge on any atom is -0.485 e. The Morgan fingerprint density at radius 2 is 1.79 bits per heavy atom. The molecule has 2 aliphatic heterocycles. The summed E-state index contributed by atoms with van der Waals surface area (Å²) in [6.45, 7) is 2.60. The molecular weight excluding hydrogens is 459 g/mol. The van der Waals surface area contributed by atoms with E-state index in [2.05, 4.69) is 10.3 Å². The molecule has 2 aromatic carbocycles. The maximum atomic E-state index is 13.1. The quantitative estimate of drug-likeness (QED) is 0.602. The van der Waals surface area contributed by atoms with E-state index < -0.39 is 6.10 Å². The van der Waals surface area contributed by atoms with Crippen LogP contribution in [0.15, 0.2) is 53.9 Å². The van der Waals surface area contributed by atoms with Gasteiger partial charge in [-0.3, -0.25) is 14.5 Å². The third-order valence-electron chi connectivity index (χ3n) is 5.73. The first kappa shape index (κ1) is 22.3. The van der Waals surface area contributed by atoms with Gasteiger partial charge in [-0.25, -0.2) is 9.37 Å². The lowest BCUT2D eigenvalue weighted by Gasteiger charge is -2.36. The Morgan fingerprint density at radius 1 is 1.06 bits per heavy atom. The third kappa shape index (κ3) is 5.02. The van der Waals surface area contributed by atoms with Crippen LogP contribution in [0.1, 0.15) is 0 Å². The molecule has 0 spiro atoms. The summed E-state index contributed by atoms with van der Waals surface area (Å²) in [5.74, 6) is 0.647. The number of aromatic nitrogens is 1. The van der Waals surface area contributed by atoms with Crippen LogP contribution in [0.3, 0.4) is 0 Å². The predicted octanol–water partition coefficient (Wildman–Crippen LogP) is 2.87. The number of hydrogen-bond donors (Lipinski definition) is 1. The highest BCUT2D eigenvalue weighted by molar-refractivity contribution is 7.14. The predicted molar refractivity (Wildman–Crippen MR) is 126 cm³/mol. The van der Waals surface area contributed by atoms with E-state index in [9.17, 15) is 14.0 Å². The lowest BCUT2D eigenvalue weighted by molar-refractivity contribution is -0.143. The highest BCUT2D eigenvalue weighted by Crippen LogP contribution is 2.31. The molecule has 3 heterocycles. The number of rotatable bonds is 5. The minimum atomic E-state index is -0.662. The zero-order chi connectivity index (χ0) is 23.5.